The maximum atomic E-state index is 13.8. The van der Waals surface area contributed by atoms with Gasteiger partial charge < -0.3 is 16.0 Å². The second-order valence-electron chi connectivity index (χ2n) is 8.82. The molecule has 2 aliphatic heterocycles. The fraction of sp³-hybridized carbons (Fsp3) is 0.261. The highest BCUT2D eigenvalue weighted by Crippen LogP contribution is 2.48. The second-order valence-corrected chi connectivity index (χ2v) is 9.23. The number of para-hydroxylation sites is 1. The maximum Gasteiger partial charge on any atom is 0.284 e. The van der Waals surface area contributed by atoms with E-state index in [4.69, 9.17) is 22.4 Å². The van der Waals surface area contributed by atoms with E-state index < -0.39 is 5.54 Å². The average Bonchev–Trinajstić information content (AvgIpc) is 3.39. The van der Waals surface area contributed by atoms with Gasteiger partial charge in [0.15, 0.2) is 11.6 Å². The van der Waals surface area contributed by atoms with Gasteiger partial charge in [0.1, 0.15) is 28.3 Å². The zero-order valence-corrected chi connectivity index (χ0v) is 19.2. The first-order chi connectivity index (χ1) is 16.3. The lowest BCUT2D eigenvalue weighted by atomic mass is 9.75. The predicted octanol–water partition coefficient (Wildman–Crippen LogP) is 2.49. The third-order valence-corrected chi connectivity index (χ3v) is 7.24. The van der Waals surface area contributed by atoms with Crippen LogP contribution in [0.4, 0.5) is 17.6 Å². The Hall–Kier alpha value is -3.92. The lowest BCUT2D eigenvalue weighted by molar-refractivity contribution is 0.101. The van der Waals surface area contributed by atoms with Gasteiger partial charge in [-0.2, -0.15) is 15.1 Å². The van der Waals surface area contributed by atoms with Crippen LogP contribution in [0.5, 0.6) is 0 Å². The third kappa shape index (κ3) is 2.65. The number of benzene rings is 1. The molecule has 0 radical (unpaired) electrons. The van der Waals surface area contributed by atoms with Crippen LogP contribution in [0.15, 0.2) is 47.4 Å². The number of carbonyl (C=O) groups excluding carboxylic acids is 1. The normalized spacial score (nSPS) is 21.4. The molecule has 1 aromatic carbocycles. The summed E-state index contributed by atoms with van der Waals surface area (Å²) in [5.41, 5.74) is 6.30. The average molecular weight is 477 g/mol. The van der Waals surface area contributed by atoms with Crippen LogP contribution in [0.25, 0.3) is 11.2 Å². The van der Waals surface area contributed by atoms with E-state index in [0.717, 1.165) is 0 Å². The molecule has 10 nitrogen and oxygen atoms in total. The number of hydrogen-bond acceptors (Lipinski definition) is 8. The first-order valence-corrected chi connectivity index (χ1v) is 11.3. The number of carbonyl (C=O) groups is 1. The zero-order valence-electron chi connectivity index (χ0n) is 18.5. The standard InChI is InChI=1S/C23H21ClN8O2/c1-12-11-30(19-16-15(33)10-26-18(16)27-22(25)28-19)23(12,2)21-29-31-9-8-14(24)17(31)20(34)32(21)13-6-4-3-5-7-13/h3-9,12H,10-11H2,1-2H3,(H3,25,26,27,28)/t12-,23?/m0/s1. The summed E-state index contributed by atoms with van der Waals surface area (Å²) in [4.78, 5) is 37.1. The second kappa shape index (κ2) is 7.04. The van der Waals surface area contributed by atoms with Crippen molar-refractivity contribution in [3.8, 4) is 5.69 Å². The van der Waals surface area contributed by atoms with Gasteiger partial charge >= 0.3 is 0 Å². The van der Waals surface area contributed by atoms with Crippen LogP contribution in [-0.4, -0.2) is 43.0 Å². The predicted molar refractivity (Wildman–Crippen MR) is 129 cm³/mol. The van der Waals surface area contributed by atoms with E-state index >= 15 is 0 Å². The smallest absolute Gasteiger partial charge is 0.284 e. The largest absolute Gasteiger partial charge is 0.368 e. The van der Waals surface area contributed by atoms with E-state index in [9.17, 15) is 9.59 Å². The Bertz CT molecular complexity index is 1550. The highest BCUT2D eigenvalue weighted by atomic mass is 35.5. The molecular weight excluding hydrogens is 456 g/mol. The van der Waals surface area contributed by atoms with Gasteiger partial charge in [0.05, 0.1) is 17.3 Å². The van der Waals surface area contributed by atoms with Crippen LogP contribution < -0.4 is 21.5 Å². The van der Waals surface area contributed by atoms with Crippen molar-refractivity contribution in [1.29, 1.82) is 0 Å². The summed E-state index contributed by atoms with van der Waals surface area (Å²) in [6.45, 7) is 4.82. The molecule has 5 heterocycles. The van der Waals surface area contributed by atoms with Crippen LogP contribution in [0.1, 0.15) is 30.0 Å². The van der Waals surface area contributed by atoms with Crippen molar-refractivity contribution in [2.75, 3.05) is 29.0 Å². The van der Waals surface area contributed by atoms with Gasteiger partial charge in [0.25, 0.3) is 5.56 Å². The van der Waals surface area contributed by atoms with Crippen molar-refractivity contribution in [2.24, 2.45) is 5.92 Å². The van der Waals surface area contributed by atoms with Crippen LogP contribution in [0.3, 0.4) is 0 Å². The lowest BCUT2D eigenvalue weighted by Gasteiger charge is -2.56. The van der Waals surface area contributed by atoms with E-state index in [2.05, 4.69) is 22.2 Å². The fourth-order valence-electron chi connectivity index (χ4n) is 4.92. The molecule has 4 aromatic rings. The van der Waals surface area contributed by atoms with Gasteiger partial charge in [-0.05, 0) is 25.1 Å². The molecule has 3 N–H and O–H groups in total. The minimum atomic E-state index is -0.780. The fourth-order valence-corrected chi connectivity index (χ4v) is 5.14. The van der Waals surface area contributed by atoms with Gasteiger partial charge in [-0.15, -0.1) is 0 Å². The topological polar surface area (TPSA) is 123 Å². The third-order valence-electron chi connectivity index (χ3n) is 6.94. The molecule has 0 saturated carbocycles. The number of nitrogens with zero attached hydrogens (tertiary/aromatic N) is 6. The maximum absolute atomic E-state index is 13.8. The lowest BCUT2D eigenvalue weighted by Crippen LogP contribution is -2.65. The minimum Gasteiger partial charge on any atom is -0.368 e. The number of Topliss-reactive ketones (excluding diaryl/α,β-unsaturated/α-hetero) is 1. The van der Waals surface area contributed by atoms with Crippen LogP contribution in [0.2, 0.25) is 5.02 Å². The molecule has 3 aromatic heterocycles. The van der Waals surface area contributed by atoms with Gasteiger partial charge in [0, 0.05) is 18.7 Å². The molecule has 172 valence electrons. The molecule has 11 heteroatoms. The summed E-state index contributed by atoms with van der Waals surface area (Å²) < 4.78 is 3.11. The van der Waals surface area contributed by atoms with Crippen LogP contribution >= 0.6 is 11.6 Å². The summed E-state index contributed by atoms with van der Waals surface area (Å²) in [5.74, 6) is 1.42. The molecular formula is C23H21ClN8O2. The number of rotatable bonds is 3. The monoisotopic (exact) mass is 476 g/mol. The Morgan fingerprint density at radius 1 is 1.18 bits per heavy atom. The van der Waals surface area contributed by atoms with E-state index in [0.29, 0.717) is 45.8 Å². The van der Waals surface area contributed by atoms with Gasteiger partial charge in [0.2, 0.25) is 5.95 Å². The van der Waals surface area contributed by atoms with Crippen molar-refractivity contribution >= 4 is 40.5 Å². The molecule has 0 bridgehead atoms. The summed E-state index contributed by atoms with van der Waals surface area (Å²) in [5, 5.41) is 8.18. The van der Waals surface area contributed by atoms with E-state index in [1.54, 1.807) is 16.8 Å². The number of hydrogen-bond donors (Lipinski definition) is 2. The molecule has 1 saturated heterocycles. The Morgan fingerprint density at radius 3 is 2.68 bits per heavy atom. The number of anilines is 3. The number of halogens is 1. The number of nitrogens with two attached hydrogens (primary N) is 1. The van der Waals surface area contributed by atoms with Gasteiger partial charge in [-0.1, -0.05) is 36.7 Å². The van der Waals surface area contributed by atoms with E-state index in [1.807, 2.05) is 42.2 Å². The molecule has 6 rings (SSSR count). The number of nitrogens with one attached hydrogen (secondary N) is 1. The number of aromatic nitrogens is 5. The number of fused-ring (bicyclic) bond motifs is 2. The minimum absolute atomic E-state index is 0.0684. The molecule has 34 heavy (non-hydrogen) atoms. The van der Waals surface area contributed by atoms with Crippen molar-refractivity contribution in [1.82, 2.24) is 24.1 Å². The van der Waals surface area contributed by atoms with E-state index in [1.165, 1.54) is 4.52 Å². The number of nitrogen functional groups attached to an aromatic ring is 1. The van der Waals surface area contributed by atoms with Crippen LogP contribution in [0, 0.1) is 5.92 Å². The molecule has 1 fully saturated rings. The molecule has 0 amide bonds. The van der Waals surface area contributed by atoms with E-state index in [-0.39, 0.29) is 29.8 Å². The highest BCUT2D eigenvalue weighted by molar-refractivity contribution is 6.33. The highest BCUT2D eigenvalue weighted by Gasteiger charge is 2.54. The summed E-state index contributed by atoms with van der Waals surface area (Å²) in [6, 6.07) is 11.0. The van der Waals surface area contributed by atoms with Crippen LogP contribution in [-0.2, 0) is 5.54 Å². The van der Waals surface area contributed by atoms with Crippen molar-refractivity contribution in [2.45, 2.75) is 19.4 Å². The molecule has 0 spiro atoms. The summed E-state index contributed by atoms with van der Waals surface area (Å²) in [7, 11) is 0. The Kier molecular flexibility index (Phi) is 4.28. The Balaban J connectivity index is 1.63. The summed E-state index contributed by atoms with van der Waals surface area (Å²) >= 11 is 6.34. The number of ketones is 1. The van der Waals surface area contributed by atoms with Crippen molar-refractivity contribution in [3.05, 3.63) is 69.4 Å². The summed E-state index contributed by atoms with van der Waals surface area (Å²) in [6.07, 6.45) is 1.67. The molecule has 1 unspecified atom stereocenters. The molecule has 2 atom stereocenters. The first kappa shape index (κ1) is 20.7. The first-order valence-electron chi connectivity index (χ1n) is 10.9. The van der Waals surface area contributed by atoms with Gasteiger partial charge in [-0.3, -0.25) is 14.2 Å². The molecule has 2 aliphatic rings. The van der Waals surface area contributed by atoms with Crippen molar-refractivity contribution in [3.63, 3.8) is 0 Å². The molecule has 0 aliphatic carbocycles. The SMILES string of the molecule is C[C@H]1CN(c2nc(N)nc3c2C(=O)CN3)C1(C)c1nn2ccc(Cl)c2c(=O)n1-c1ccccc1. The Morgan fingerprint density at radius 2 is 1.94 bits per heavy atom. The van der Waals surface area contributed by atoms with Crippen molar-refractivity contribution < 1.29 is 4.79 Å². The Labute approximate surface area is 199 Å². The van der Waals surface area contributed by atoms with Gasteiger partial charge in [-0.25, -0.2) is 4.52 Å². The zero-order chi connectivity index (χ0) is 23.8. The quantitative estimate of drug-likeness (QED) is 0.462.